The van der Waals surface area contributed by atoms with Crippen LogP contribution >= 0.6 is 23.2 Å². The number of rotatable bonds is 4. The lowest BCUT2D eigenvalue weighted by atomic mass is 10.2. The summed E-state index contributed by atoms with van der Waals surface area (Å²) >= 11 is 11.8. The minimum absolute atomic E-state index is 0. The Hall–Kier alpha value is -0.730. The first-order valence-electron chi connectivity index (χ1n) is 5.55. The van der Waals surface area contributed by atoms with Crippen LogP contribution in [0.25, 0.3) is 0 Å². The fraction of sp³-hybridized carbons (Fsp3) is 0.143. The molecule has 0 bridgehead atoms. The van der Waals surface area contributed by atoms with Gasteiger partial charge < -0.3 is 17.7 Å². The molecule has 0 saturated carbocycles. The third kappa shape index (κ3) is 4.51. The van der Waals surface area contributed by atoms with E-state index in [0.717, 1.165) is 13.1 Å². The molecule has 0 saturated heterocycles. The summed E-state index contributed by atoms with van der Waals surface area (Å²) in [6.07, 6.45) is 0. The van der Waals surface area contributed by atoms with Gasteiger partial charge in [-0.15, -0.1) is 0 Å². The van der Waals surface area contributed by atoms with E-state index in [9.17, 15) is 0 Å². The van der Waals surface area contributed by atoms with Crippen molar-refractivity contribution in [3.05, 3.63) is 69.7 Å². The number of nitrogens with two attached hydrogens (primary N) is 1. The van der Waals surface area contributed by atoms with Gasteiger partial charge in [0.05, 0.1) is 10.0 Å². The summed E-state index contributed by atoms with van der Waals surface area (Å²) in [6, 6.07) is 16.2. The lowest BCUT2D eigenvalue weighted by Crippen LogP contribution is -3.00. The van der Waals surface area contributed by atoms with E-state index in [4.69, 9.17) is 23.2 Å². The molecule has 0 spiro atoms. The Morgan fingerprint density at radius 3 is 2.11 bits per heavy atom. The van der Waals surface area contributed by atoms with E-state index in [0.29, 0.717) is 10.0 Å². The minimum atomic E-state index is 0. The lowest BCUT2D eigenvalue weighted by Gasteiger charge is -2.03. The fourth-order valence-corrected chi connectivity index (χ4v) is 2.01. The van der Waals surface area contributed by atoms with Gasteiger partial charge in [0.2, 0.25) is 0 Å². The van der Waals surface area contributed by atoms with Crippen LogP contribution in [0.5, 0.6) is 0 Å². The molecule has 4 heteroatoms. The van der Waals surface area contributed by atoms with Crippen molar-refractivity contribution >= 4 is 23.2 Å². The predicted molar refractivity (Wildman–Crippen MR) is 72.2 cm³/mol. The van der Waals surface area contributed by atoms with Gasteiger partial charge in [0.15, 0.2) is 0 Å². The zero-order valence-electron chi connectivity index (χ0n) is 9.74. The zero-order chi connectivity index (χ0) is 12.1. The Morgan fingerprint density at radius 2 is 1.44 bits per heavy atom. The molecule has 0 fully saturated rings. The maximum Gasteiger partial charge on any atom is 0.102 e. The predicted octanol–water partition coefficient (Wildman–Crippen LogP) is 0.261. The molecule has 18 heavy (non-hydrogen) atoms. The van der Waals surface area contributed by atoms with E-state index in [1.807, 2.05) is 24.3 Å². The van der Waals surface area contributed by atoms with Gasteiger partial charge in [-0.3, -0.25) is 0 Å². The number of halogens is 3. The third-order valence-corrected chi connectivity index (χ3v) is 3.33. The van der Waals surface area contributed by atoms with Gasteiger partial charge in [0.1, 0.15) is 13.1 Å². The van der Waals surface area contributed by atoms with Crippen LogP contribution in [0, 0.1) is 0 Å². The molecular formula is C14H14Cl3N. The molecule has 0 aliphatic carbocycles. The van der Waals surface area contributed by atoms with E-state index < -0.39 is 0 Å². The van der Waals surface area contributed by atoms with E-state index in [1.165, 1.54) is 11.1 Å². The van der Waals surface area contributed by atoms with Crippen molar-refractivity contribution in [3.8, 4) is 0 Å². The molecule has 1 nitrogen and oxygen atoms in total. The maximum absolute atomic E-state index is 5.96. The first-order valence-corrected chi connectivity index (χ1v) is 6.31. The number of hydrogen-bond acceptors (Lipinski definition) is 0. The molecule has 0 heterocycles. The maximum atomic E-state index is 5.96. The zero-order valence-corrected chi connectivity index (χ0v) is 12.0. The Kier molecular flexibility index (Phi) is 6.51. The quantitative estimate of drug-likeness (QED) is 0.834. The van der Waals surface area contributed by atoms with Crippen LogP contribution in [0.15, 0.2) is 48.5 Å². The Morgan fingerprint density at radius 1 is 0.778 bits per heavy atom. The highest BCUT2D eigenvalue weighted by molar-refractivity contribution is 6.41. The third-order valence-electron chi connectivity index (χ3n) is 2.59. The summed E-state index contributed by atoms with van der Waals surface area (Å²) in [6.45, 7) is 1.88. The molecule has 2 rings (SSSR count). The monoisotopic (exact) mass is 301 g/mol. The highest BCUT2D eigenvalue weighted by Gasteiger charge is 2.01. The summed E-state index contributed by atoms with van der Waals surface area (Å²) in [5.74, 6) is 0. The summed E-state index contributed by atoms with van der Waals surface area (Å²) in [5, 5.41) is 3.48. The molecule has 0 aromatic heterocycles. The van der Waals surface area contributed by atoms with Gasteiger partial charge in [-0.05, 0) is 12.1 Å². The summed E-state index contributed by atoms with van der Waals surface area (Å²) in [4.78, 5) is 0. The SMILES string of the molecule is Clc1ccc(C[NH2+]Cc2ccccc2)cc1Cl.[Cl-]. The van der Waals surface area contributed by atoms with Crippen molar-refractivity contribution in [2.24, 2.45) is 0 Å². The molecular weight excluding hydrogens is 289 g/mol. The van der Waals surface area contributed by atoms with Crippen LogP contribution in [-0.4, -0.2) is 0 Å². The Balaban J connectivity index is 0.00000162. The second kappa shape index (κ2) is 7.65. The Labute approximate surface area is 124 Å². The van der Waals surface area contributed by atoms with Gasteiger partial charge in [-0.25, -0.2) is 0 Å². The molecule has 0 aliphatic heterocycles. The van der Waals surface area contributed by atoms with Gasteiger partial charge in [0, 0.05) is 11.1 Å². The average molecular weight is 303 g/mol. The molecule has 0 atom stereocenters. The highest BCUT2D eigenvalue weighted by atomic mass is 35.5. The largest absolute Gasteiger partial charge is 1.00 e. The molecule has 2 N–H and O–H groups in total. The first kappa shape index (κ1) is 15.3. The first-order chi connectivity index (χ1) is 8.25. The second-order valence-corrected chi connectivity index (χ2v) is 4.75. The van der Waals surface area contributed by atoms with Crippen LogP contribution in [0.4, 0.5) is 0 Å². The second-order valence-electron chi connectivity index (χ2n) is 3.93. The number of hydrogen-bond donors (Lipinski definition) is 1. The van der Waals surface area contributed by atoms with E-state index in [-0.39, 0.29) is 12.4 Å². The van der Waals surface area contributed by atoms with Crippen LogP contribution in [-0.2, 0) is 13.1 Å². The molecule has 0 unspecified atom stereocenters. The van der Waals surface area contributed by atoms with Crippen molar-refractivity contribution in [2.75, 3.05) is 0 Å². The van der Waals surface area contributed by atoms with E-state index >= 15 is 0 Å². The van der Waals surface area contributed by atoms with Gasteiger partial charge in [0.25, 0.3) is 0 Å². The van der Waals surface area contributed by atoms with Crippen LogP contribution in [0.1, 0.15) is 11.1 Å². The van der Waals surface area contributed by atoms with Gasteiger partial charge >= 0.3 is 0 Å². The standard InChI is InChI=1S/C14H13Cl2N.ClH/c15-13-7-6-12(8-14(13)16)10-17-9-11-4-2-1-3-5-11;/h1-8,17H,9-10H2;1H. The highest BCUT2D eigenvalue weighted by Crippen LogP contribution is 2.22. The summed E-state index contributed by atoms with van der Waals surface area (Å²) < 4.78 is 0. The lowest BCUT2D eigenvalue weighted by molar-refractivity contribution is -0.686. The minimum Gasteiger partial charge on any atom is -1.00 e. The van der Waals surface area contributed by atoms with Crippen molar-refractivity contribution in [2.45, 2.75) is 13.1 Å². The summed E-state index contributed by atoms with van der Waals surface area (Å²) in [5.41, 5.74) is 2.52. The summed E-state index contributed by atoms with van der Waals surface area (Å²) in [7, 11) is 0. The van der Waals surface area contributed by atoms with Crippen molar-refractivity contribution < 1.29 is 17.7 Å². The normalized spacial score (nSPS) is 9.89. The van der Waals surface area contributed by atoms with E-state index in [2.05, 4.69) is 29.6 Å². The molecule has 0 radical (unpaired) electrons. The van der Waals surface area contributed by atoms with E-state index in [1.54, 1.807) is 0 Å². The number of benzene rings is 2. The molecule has 0 aliphatic rings. The fourth-order valence-electron chi connectivity index (χ4n) is 1.69. The van der Waals surface area contributed by atoms with Crippen molar-refractivity contribution in [1.29, 1.82) is 0 Å². The molecule has 2 aromatic carbocycles. The van der Waals surface area contributed by atoms with Crippen LogP contribution in [0.2, 0.25) is 10.0 Å². The molecule has 2 aromatic rings. The van der Waals surface area contributed by atoms with Crippen LogP contribution in [0.3, 0.4) is 0 Å². The smallest absolute Gasteiger partial charge is 0.102 e. The Bertz CT molecular complexity index is 486. The molecule has 96 valence electrons. The van der Waals surface area contributed by atoms with Crippen molar-refractivity contribution in [3.63, 3.8) is 0 Å². The van der Waals surface area contributed by atoms with Gasteiger partial charge in [-0.2, -0.15) is 0 Å². The topological polar surface area (TPSA) is 16.6 Å². The van der Waals surface area contributed by atoms with Crippen LogP contribution < -0.4 is 17.7 Å². The molecule has 0 amide bonds. The van der Waals surface area contributed by atoms with Gasteiger partial charge in [-0.1, -0.05) is 59.6 Å². The average Bonchev–Trinajstić information content (AvgIpc) is 2.35. The van der Waals surface area contributed by atoms with Crippen molar-refractivity contribution in [1.82, 2.24) is 0 Å². The number of quaternary nitrogens is 1.